The van der Waals surface area contributed by atoms with Gasteiger partial charge in [-0.2, -0.15) is 13.2 Å². The SMILES string of the molecule is Cc1ccc(F)c(NC(=O)C2CC(=O)N(Cc3cccc(C(F)(F)F)c3)C2)c1. The van der Waals surface area contributed by atoms with Crippen LogP contribution in [0.15, 0.2) is 42.5 Å². The zero-order valence-corrected chi connectivity index (χ0v) is 15.0. The molecule has 1 unspecified atom stereocenters. The van der Waals surface area contributed by atoms with Gasteiger partial charge in [0.25, 0.3) is 0 Å². The summed E-state index contributed by atoms with van der Waals surface area (Å²) in [6, 6.07) is 9.03. The zero-order valence-electron chi connectivity index (χ0n) is 15.0. The van der Waals surface area contributed by atoms with E-state index in [2.05, 4.69) is 5.32 Å². The van der Waals surface area contributed by atoms with E-state index in [0.29, 0.717) is 5.56 Å². The van der Waals surface area contributed by atoms with Gasteiger partial charge in [-0.15, -0.1) is 0 Å². The Morgan fingerprint density at radius 3 is 2.68 bits per heavy atom. The predicted molar refractivity (Wildman–Crippen MR) is 94.7 cm³/mol. The Kier molecular flexibility index (Phi) is 5.40. The third-order valence-electron chi connectivity index (χ3n) is 4.59. The first-order chi connectivity index (χ1) is 13.1. The molecule has 0 saturated carbocycles. The zero-order chi connectivity index (χ0) is 20.5. The van der Waals surface area contributed by atoms with Crippen molar-refractivity contribution in [2.24, 2.45) is 5.92 Å². The van der Waals surface area contributed by atoms with Crippen LogP contribution in [0.4, 0.5) is 23.2 Å². The summed E-state index contributed by atoms with van der Waals surface area (Å²) < 4.78 is 52.3. The molecule has 2 aromatic carbocycles. The molecule has 3 rings (SSSR count). The molecule has 0 radical (unpaired) electrons. The number of amides is 2. The molecule has 1 aliphatic heterocycles. The monoisotopic (exact) mass is 394 g/mol. The molecule has 8 heteroatoms. The van der Waals surface area contributed by atoms with Crippen LogP contribution in [0.25, 0.3) is 0 Å². The molecule has 1 atom stereocenters. The van der Waals surface area contributed by atoms with Crippen LogP contribution in [-0.2, 0) is 22.3 Å². The molecular weight excluding hydrogens is 376 g/mol. The number of halogens is 4. The van der Waals surface area contributed by atoms with E-state index in [1.807, 2.05) is 0 Å². The van der Waals surface area contributed by atoms with Gasteiger partial charge in [0.15, 0.2) is 0 Å². The van der Waals surface area contributed by atoms with Crippen molar-refractivity contribution < 1.29 is 27.2 Å². The topological polar surface area (TPSA) is 49.4 Å². The highest BCUT2D eigenvalue weighted by molar-refractivity contribution is 5.97. The lowest BCUT2D eigenvalue weighted by atomic mass is 10.1. The van der Waals surface area contributed by atoms with E-state index in [1.54, 1.807) is 13.0 Å². The summed E-state index contributed by atoms with van der Waals surface area (Å²) in [5, 5.41) is 2.49. The fourth-order valence-corrected chi connectivity index (χ4v) is 3.14. The van der Waals surface area contributed by atoms with E-state index in [0.717, 1.165) is 17.7 Å². The molecule has 0 bridgehead atoms. The van der Waals surface area contributed by atoms with Crippen molar-refractivity contribution in [3.8, 4) is 0 Å². The molecule has 1 aliphatic rings. The van der Waals surface area contributed by atoms with Gasteiger partial charge in [0.05, 0.1) is 17.2 Å². The van der Waals surface area contributed by atoms with E-state index >= 15 is 0 Å². The number of nitrogens with zero attached hydrogens (tertiary/aromatic N) is 1. The minimum absolute atomic E-state index is 0.0225. The molecule has 2 amide bonds. The summed E-state index contributed by atoms with van der Waals surface area (Å²) in [5.74, 6) is -2.10. The first-order valence-electron chi connectivity index (χ1n) is 8.64. The number of carbonyl (C=O) groups is 2. The van der Waals surface area contributed by atoms with Crippen LogP contribution in [-0.4, -0.2) is 23.3 Å². The second kappa shape index (κ2) is 7.61. The molecular formula is C20H18F4N2O2. The molecule has 2 aromatic rings. The van der Waals surface area contributed by atoms with Crippen LogP contribution in [0.3, 0.4) is 0 Å². The number of anilines is 1. The van der Waals surface area contributed by atoms with Gasteiger partial charge in [0.2, 0.25) is 11.8 Å². The number of carbonyl (C=O) groups excluding carboxylic acids is 2. The number of aryl methyl sites for hydroxylation is 1. The number of alkyl halides is 3. The van der Waals surface area contributed by atoms with Gasteiger partial charge in [-0.05, 0) is 42.3 Å². The van der Waals surface area contributed by atoms with E-state index in [-0.39, 0.29) is 31.1 Å². The summed E-state index contributed by atoms with van der Waals surface area (Å²) in [6.07, 6.45) is -4.54. The third-order valence-corrected chi connectivity index (χ3v) is 4.59. The molecule has 148 valence electrons. The number of benzene rings is 2. The van der Waals surface area contributed by atoms with Crippen LogP contribution in [0.1, 0.15) is 23.1 Å². The molecule has 1 fully saturated rings. The fourth-order valence-electron chi connectivity index (χ4n) is 3.14. The van der Waals surface area contributed by atoms with Crippen molar-refractivity contribution in [3.05, 3.63) is 65.0 Å². The molecule has 28 heavy (non-hydrogen) atoms. The van der Waals surface area contributed by atoms with Gasteiger partial charge in [-0.25, -0.2) is 4.39 Å². The Labute approximate surface area is 159 Å². The van der Waals surface area contributed by atoms with Crippen molar-refractivity contribution in [1.82, 2.24) is 4.90 Å². The molecule has 0 spiro atoms. The predicted octanol–water partition coefficient (Wildman–Crippen LogP) is 4.14. The maximum Gasteiger partial charge on any atom is 0.416 e. The molecule has 1 N–H and O–H groups in total. The van der Waals surface area contributed by atoms with E-state index in [4.69, 9.17) is 0 Å². The van der Waals surface area contributed by atoms with Crippen LogP contribution in [0.2, 0.25) is 0 Å². The van der Waals surface area contributed by atoms with E-state index < -0.39 is 29.4 Å². The van der Waals surface area contributed by atoms with Gasteiger partial charge in [0, 0.05) is 19.5 Å². The van der Waals surface area contributed by atoms with Crippen molar-refractivity contribution in [1.29, 1.82) is 0 Å². The molecule has 0 aliphatic carbocycles. The summed E-state index contributed by atoms with van der Waals surface area (Å²) in [7, 11) is 0. The Morgan fingerprint density at radius 2 is 1.96 bits per heavy atom. The normalized spacial score (nSPS) is 17.1. The van der Waals surface area contributed by atoms with Crippen LogP contribution in [0.5, 0.6) is 0 Å². The molecule has 1 saturated heterocycles. The quantitative estimate of drug-likeness (QED) is 0.793. The second-order valence-corrected chi connectivity index (χ2v) is 6.85. The van der Waals surface area contributed by atoms with Crippen LogP contribution >= 0.6 is 0 Å². The van der Waals surface area contributed by atoms with Gasteiger partial charge >= 0.3 is 6.18 Å². The smallest absolute Gasteiger partial charge is 0.338 e. The van der Waals surface area contributed by atoms with Gasteiger partial charge < -0.3 is 10.2 Å². The number of likely N-dealkylation sites (tertiary alicyclic amines) is 1. The number of rotatable bonds is 4. The van der Waals surface area contributed by atoms with Gasteiger partial charge in [-0.3, -0.25) is 9.59 Å². The minimum atomic E-state index is -4.47. The standard InChI is InChI=1S/C20H18F4N2O2/c1-12-5-6-16(21)17(7-12)25-19(28)14-9-18(27)26(11-14)10-13-3-2-4-15(8-13)20(22,23)24/h2-8,14H,9-11H2,1H3,(H,25,28). The maximum absolute atomic E-state index is 13.8. The summed E-state index contributed by atoms with van der Waals surface area (Å²) >= 11 is 0. The van der Waals surface area contributed by atoms with E-state index in [9.17, 15) is 27.2 Å². The van der Waals surface area contributed by atoms with Crippen LogP contribution in [0, 0.1) is 18.7 Å². The average molecular weight is 394 g/mol. The summed E-state index contributed by atoms with van der Waals surface area (Å²) in [6.45, 7) is 1.80. The maximum atomic E-state index is 13.8. The van der Waals surface area contributed by atoms with Crippen molar-refractivity contribution in [3.63, 3.8) is 0 Å². The molecule has 4 nitrogen and oxygen atoms in total. The number of nitrogens with one attached hydrogen (secondary N) is 1. The first kappa shape index (κ1) is 19.9. The van der Waals surface area contributed by atoms with Gasteiger partial charge in [0.1, 0.15) is 5.82 Å². The van der Waals surface area contributed by atoms with Crippen molar-refractivity contribution in [2.45, 2.75) is 26.1 Å². The Balaban J connectivity index is 1.66. The Hall–Kier alpha value is -2.90. The second-order valence-electron chi connectivity index (χ2n) is 6.85. The Bertz CT molecular complexity index is 911. The highest BCUT2D eigenvalue weighted by atomic mass is 19.4. The van der Waals surface area contributed by atoms with E-state index in [1.165, 1.54) is 29.2 Å². The molecule has 1 heterocycles. The number of hydrogen-bond donors (Lipinski definition) is 1. The van der Waals surface area contributed by atoms with Crippen molar-refractivity contribution >= 4 is 17.5 Å². The summed E-state index contributed by atoms with van der Waals surface area (Å²) in [5.41, 5.74) is 0.342. The van der Waals surface area contributed by atoms with Crippen molar-refractivity contribution in [2.75, 3.05) is 11.9 Å². The van der Waals surface area contributed by atoms with Gasteiger partial charge in [-0.1, -0.05) is 18.2 Å². The highest BCUT2D eigenvalue weighted by Crippen LogP contribution is 2.30. The van der Waals surface area contributed by atoms with Crippen LogP contribution < -0.4 is 5.32 Å². The fraction of sp³-hybridized carbons (Fsp3) is 0.300. The number of hydrogen-bond acceptors (Lipinski definition) is 2. The summed E-state index contributed by atoms with van der Waals surface area (Å²) in [4.78, 5) is 25.9. The lowest BCUT2D eigenvalue weighted by Crippen LogP contribution is -2.28. The molecule has 0 aromatic heterocycles. The largest absolute Gasteiger partial charge is 0.416 e. The first-order valence-corrected chi connectivity index (χ1v) is 8.64. The lowest BCUT2D eigenvalue weighted by molar-refractivity contribution is -0.137. The average Bonchev–Trinajstić information content (AvgIpc) is 2.98. The lowest BCUT2D eigenvalue weighted by Gasteiger charge is -2.18. The Morgan fingerprint density at radius 1 is 1.21 bits per heavy atom. The highest BCUT2D eigenvalue weighted by Gasteiger charge is 2.35. The third kappa shape index (κ3) is 4.49. The minimum Gasteiger partial charge on any atom is -0.338 e.